The molecule has 0 radical (unpaired) electrons. The van der Waals surface area contributed by atoms with Gasteiger partial charge < -0.3 is 10.5 Å². The number of benzene rings is 1. The van der Waals surface area contributed by atoms with E-state index < -0.39 is 0 Å². The summed E-state index contributed by atoms with van der Waals surface area (Å²) in [7, 11) is 0. The highest BCUT2D eigenvalue weighted by Crippen LogP contribution is 2.26. The first-order valence-electron chi connectivity index (χ1n) is 6.46. The summed E-state index contributed by atoms with van der Waals surface area (Å²) in [6.07, 6.45) is 6.06. The molecule has 0 aliphatic heterocycles. The van der Waals surface area contributed by atoms with Crippen molar-refractivity contribution in [2.45, 2.75) is 37.8 Å². The van der Waals surface area contributed by atoms with Crippen LogP contribution in [0.5, 0.6) is 5.88 Å². The normalized spacial score (nSPS) is 24.1. The van der Waals surface area contributed by atoms with Crippen LogP contribution in [0, 0.1) is 0 Å². The molecule has 2 atom stereocenters. The average Bonchev–Trinajstić information content (AvgIpc) is 2.42. The third-order valence-electron chi connectivity index (χ3n) is 3.52. The Bertz CT molecular complexity index is 538. The van der Waals surface area contributed by atoms with E-state index in [9.17, 15) is 0 Å². The second kappa shape index (κ2) is 4.90. The van der Waals surface area contributed by atoms with Gasteiger partial charge in [0, 0.05) is 6.04 Å². The van der Waals surface area contributed by atoms with Gasteiger partial charge in [-0.05, 0) is 31.4 Å². The molecule has 0 saturated heterocycles. The lowest BCUT2D eigenvalue weighted by molar-refractivity contribution is 0.128. The predicted molar refractivity (Wildman–Crippen MR) is 70.4 cm³/mol. The maximum absolute atomic E-state index is 6.10. The van der Waals surface area contributed by atoms with E-state index in [1.165, 1.54) is 12.8 Å². The van der Waals surface area contributed by atoms with Crippen LogP contribution in [0.3, 0.4) is 0 Å². The van der Waals surface area contributed by atoms with Crippen LogP contribution in [0.15, 0.2) is 30.6 Å². The van der Waals surface area contributed by atoms with Crippen LogP contribution < -0.4 is 10.5 Å². The predicted octanol–water partition coefficient (Wildman–Crippen LogP) is 2.28. The molecular formula is C14H17N3O. The van der Waals surface area contributed by atoms with Gasteiger partial charge in [0.2, 0.25) is 5.88 Å². The summed E-state index contributed by atoms with van der Waals surface area (Å²) >= 11 is 0. The lowest BCUT2D eigenvalue weighted by Crippen LogP contribution is -2.41. The number of para-hydroxylation sites is 1. The summed E-state index contributed by atoms with van der Waals surface area (Å²) in [5.41, 5.74) is 7.01. The summed E-state index contributed by atoms with van der Waals surface area (Å²) in [4.78, 5) is 8.48. The van der Waals surface area contributed by atoms with Gasteiger partial charge in [-0.3, -0.25) is 0 Å². The van der Waals surface area contributed by atoms with Gasteiger partial charge in [0.25, 0.3) is 0 Å². The monoisotopic (exact) mass is 243 g/mol. The van der Waals surface area contributed by atoms with Gasteiger partial charge in [-0.25, -0.2) is 9.97 Å². The Labute approximate surface area is 106 Å². The highest BCUT2D eigenvalue weighted by Gasteiger charge is 2.24. The van der Waals surface area contributed by atoms with Crippen LogP contribution in [-0.2, 0) is 0 Å². The van der Waals surface area contributed by atoms with Crippen molar-refractivity contribution < 1.29 is 4.74 Å². The van der Waals surface area contributed by atoms with E-state index in [-0.39, 0.29) is 12.1 Å². The smallest absolute Gasteiger partial charge is 0.224 e. The first kappa shape index (κ1) is 11.4. The van der Waals surface area contributed by atoms with E-state index in [1.807, 2.05) is 24.3 Å². The van der Waals surface area contributed by atoms with Crippen molar-refractivity contribution in [1.29, 1.82) is 0 Å². The molecule has 2 N–H and O–H groups in total. The standard InChI is InChI=1S/C14H17N3O/c15-11-6-2-4-8-13(11)18-14-10-5-1-3-7-12(10)16-9-17-14/h1,3,5,7,9,11,13H,2,4,6,8,15H2. The van der Waals surface area contributed by atoms with Crippen LogP contribution in [0.4, 0.5) is 0 Å². The van der Waals surface area contributed by atoms with Gasteiger partial charge in [0.15, 0.2) is 0 Å². The van der Waals surface area contributed by atoms with Gasteiger partial charge in [0.1, 0.15) is 12.4 Å². The fraction of sp³-hybridized carbons (Fsp3) is 0.429. The lowest BCUT2D eigenvalue weighted by atomic mass is 9.93. The molecule has 4 nitrogen and oxygen atoms in total. The molecule has 2 aromatic rings. The zero-order valence-corrected chi connectivity index (χ0v) is 10.2. The molecule has 1 fully saturated rings. The van der Waals surface area contributed by atoms with Crippen LogP contribution >= 0.6 is 0 Å². The maximum Gasteiger partial charge on any atom is 0.224 e. The Morgan fingerprint density at radius 3 is 2.83 bits per heavy atom. The number of hydrogen-bond acceptors (Lipinski definition) is 4. The maximum atomic E-state index is 6.10. The Kier molecular flexibility index (Phi) is 3.11. The molecule has 18 heavy (non-hydrogen) atoms. The molecule has 3 rings (SSSR count). The molecule has 1 aromatic heterocycles. The van der Waals surface area contributed by atoms with E-state index in [1.54, 1.807) is 6.33 Å². The fourth-order valence-corrected chi connectivity index (χ4v) is 2.49. The van der Waals surface area contributed by atoms with Crippen molar-refractivity contribution in [1.82, 2.24) is 9.97 Å². The lowest BCUT2D eigenvalue weighted by Gasteiger charge is -2.28. The molecular weight excluding hydrogens is 226 g/mol. The molecule has 1 aromatic carbocycles. The van der Waals surface area contributed by atoms with E-state index in [0.717, 1.165) is 23.7 Å². The van der Waals surface area contributed by atoms with Gasteiger partial charge in [0.05, 0.1) is 10.9 Å². The van der Waals surface area contributed by atoms with Gasteiger partial charge in [-0.15, -0.1) is 0 Å². The molecule has 1 aliphatic rings. The second-order valence-electron chi connectivity index (χ2n) is 4.80. The van der Waals surface area contributed by atoms with Crippen LogP contribution in [0.1, 0.15) is 25.7 Å². The molecule has 0 bridgehead atoms. The van der Waals surface area contributed by atoms with Crippen molar-refractivity contribution >= 4 is 10.9 Å². The van der Waals surface area contributed by atoms with E-state index in [0.29, 0.717) is 5.88 Å². The largest absolute Gasteiger partial charge is 0.472 e. The van der Waals surface area contributed by atoms with Gasteiger partial charge >= 0.3 is 0 Å². The van der Waals surface area contributed by atoms with Crippen molar-refractivity contribution in [3.8, 4) is 5.88 Å². The quantitative estimate of drug-likeness (QED) is 0.879. The molecule has 0 spiro atoms. The summed E-state index contributed by atoms with van der Waals surface area (Å²) in [5, 5.41) is 0.956. The molecule has 1 heterocycles. The third-order valence-corrected chi connectivity index (χ3v) is 3.52. The summed E-state index contributed by atoms with van der Waals surface area (Å²) in [5.74, 6) is 0.656. The molecule has 0 amide bonds. The minimum Gasteiger partial charge on any atom is -0.472 e. The number of ether oxygens (including phenoxy) is 1. The summed E-state index contributed by atoms with van der Waals surface area (Å²) in [6.45, 7) is 0. The fourth-order valence-electron chi connectivity index (χ4n) is 2.49. The summed E-state index contributed by atoms with van der Waals surface area (Å²) in [6, 6.07) is 8.00. The highest BCUT2D eigenvalue weighted by atomic mass is 16.5. The number of nitrogens with zero attached hydrogens (tertiary/aromatic N) is 2. The van der Waals surface area contributed by atoms with Crippen molar-refractivity contribution in [2.75, 3.05) is 0 Å². The first-order chi connectivity index (χ1) is 8.84. The Hall–Kier alpha value is -1.68. The number of nitrogens with two attached hydrogens (primary N) is 1. The van der Waals surface area contributed by atoms with Crippen molar-refractivity contribution in [3.05, 3.63) is 30.6 Å². The second-order valence-corrected chi connectivity index (χ2v) is 4.80. The van der Waals surface area contributed by atoms with Crippen molar-refractivity contribution in [2.24, 2.45) is 5.73 Å². The van der Waals surface area contributed by atoms with Gasteiger partial charge in [-0.2, -0.15) is 0 Å². The minimum absolute atomic E-state index is 0.0806. The molecule has 1 aliphatic carbocycles. The SMILES string of the molecule is NC1CCCCC1Oc1ncnc2ccccc12. The topological polar surface area (TPSA) is 61.0 Å². The average molecular weight is 243 g/mol. The van der Waals surface area contributed by atoms with Crippen molar-refractivity contribution in [3.63, 3.8) is 0 Å². The van der Waals surface area contributed by atoms with Gasteiger partial charge in [-0.1, -0.05) is 18.6 Å². The number of fused-ring (bicyclic) bond motifs is 1. The first-order valence-corrected chi connectivity index (χ1v) is 6.46. The molecule has 4 heteroatoms. The van der Waals surface area contributed by atoms with E-state index in [2.05, 4.69) is 9.97 Å². The van der Waals surface area contributed by atoms with E-state index in [4.69, 9.17) is 10.5 Å². The van der Waals surface area contributed by atoms with Crippen LogP contribution in [0.2, 0.25) is 0 Å². The Balaban J connectivity index is 1.90. The molecule has 1 saturated carbocycles. The van der Waals surface area contributed by atoms with Crippen LogP contribution in [-0.4, -0.2) is 22.1 Å². The highest BCUT2D eigenvalue weighted by molar-refractivity contribution is 5.82. The molecule has 94 valence electrons. The number of hydrogen-bond donors (Lipinski definition) is 1. The minimum atomic E-state index is 0.0806. The number of rotatable bonds is 2. The Morgan fingerprint density at radius 2 is 1.94 bits per heavy atom. The Morgan fingerprint density at radius 1 is 1.11 bits per heavy atom. The van der Waals surface area contributed by atoms with E-state index >= 15 is 0 Å². The molecule has 2 unspecified atom stereocenters. The van der Waals surface area contributed by atoms with Crippen LogP contribution in [0.25, 0.3) is 10.9 Å². The zero-order valence-electron chi connectivity index (χ0n) is 10.2. The third kappa shape index (κ3) is 2.16. The zero-order chi connectivity index (χ0) is 12.4. The number of aromatic nitrogens is 2. The summed E-state index contributed by atoms with van der Waals surface area (Å²) < 4.78 is 6.00.